The fraction of sp³-hybridized carbons (Fsp3) is 0.765. The summed E-state index contributed by atoms with van der Waals surface area (Å²) in [6.07, 6.45) is 5.99. The molecule has 1 saturated carbocycles. The smallest absolute Gasteiger partial charge is 0.193 e. The Bertz CT molecular complexity index is 517. The van der Waals surface area contributed by atoms with Gasteiger partial charge in [-0.05, 0) is 24.7 Å². The van der Waals surface area contributed by atoms with Crippen LogP contribution in [0.5, 0.6) is 0 Å². The molecule has 2 unspecified atom stereocenters. The van der Waals surface area contributed by atoms with Crippen LogP contribution in [-0.4, -0.2) is 40.8 Å². The van der Waals surface area contributed by atoms with Gasteiger partial charge in [0, 0.05) is 45.5 Å². The van der Waals surface area contributed by atoms with Crippen molar-refractivity contribution in [3.05, 3.63) is 17.5 Å². The molecular formula is C17H31N5. The maximum absolute atomic E-state index is 4.59. The Balaban J connectivity index is 1.97. The van der Waals surface area contributed by atoms with Gasteiger partial charge in [0.25, 0.3) is 0 Å². The van der Waals surface area contributed by atoms with Crippen molar-refractivity contribution in [3.8, 4) is 0 Å². The molecule has 1 N–H and O–H groups in total. The summed E-state index contributed by atoms with van der Waals surface area (Å²) in [4.78, 5) is 6.64. The number of aryl methyl sites for hydroxylation is 1. The second-order valence-corrected chi connectivity index (χ2v) is 6.81. The molecule has 1 aliphatic rings. The lowest BCUT2D eigenvalue weighted by Gasteiger charge is -2.22. The lowest BCUT2D eigenvalue weighted by Crippen LogP contribution is -2.40. The molecular weight excluding hydrogens is 274 g/mol. The number of aromatic nitrogens is 2. The Hall–Kier alpha value is -1.52. The summed E-state index contributed by atoms with van der Waals surface area (Å²) < 4.78 is 1.91. The van der Waals surface area contributed by atoms with E-state index in [1.807, 2.05) is 18.8 Å². The van der Waals surface area contributed by atoms with Crippen LogP contribution < -0.4 is 5.32 Å². The van der Waals surface area contributed by atoms with Crippen molar-refractivity contribution in [2.45, 2.75) is 58.5 Å². The fourth-order valence-corrected chi connectivity index (χ4v) is 3.12. The zero-order chi connectivity index (χ0) is 16.3. The summed E-state index contributed by atoms with van der Waals surface area (Å²) in [7, 11) is 5.95. The summed E-state index contributed by atoms with van der Waals surface area (Å²) >= 11 is 0. The minimum absolute atomic E-state index is 0.442. The first-order valence-corrected chi connectivity index (χ1v) is 8.43. The van der Waals surface area contributed by atoms with Crippen molar-refractivity contribution < 1.29 is 0 Å². The Kier molecular flexibility index (Phi) is 5.48. The normalized spacial score (nSPS) is 21.3. The largest absolute Gasteiger partial charge is 0.353 e. The Morgan fingerprint density at radius 3 is 2.86 bits per heavy atom. The second kappa shape index (κ2) is 7.16. The maximum Gasteiger partial charge on any atom is 0.193 e. The van der Waals surface area contributed by atoms with Crippen molar-refractivity contribution in [2.75, 3.05) is 14.1 Å². The highest BCUT2D eigenvalue weighted by Gasteiger charge is 2.37. The molecule has 0 radical (unpaired) electrons. The Labute approximate surface area is 134 Å². The van der Waals surface area contributed by atoms with E-state index in [-0.39, 0.29) is 0 Å². The first-order valence-electron chi connectivity index (χ1n) is 8.43. The minimum atomic E-state index is 0.442. The van der Waals surface area contributed by atoms with Crippen LogP contribution >= 0.6 is 0 Å². The number of guanidine groups is 1. The van der Waals surface area contributed by atoms with Crippen molar-refractivity contribution in [3.63, 3.8) is 0 Å². The molecule has 2 rings (SSSR count). The summed E-state index contributed by atoms with van der Waals surface area (Å²) in [5.41, 5.74) is 2.46. The van der Waals surface area contributed by atoms with Gasteiger partial charge in [0.15, 0.2) is 5.96 Å². The maximum atomic E-state index is 4.59. The van der Waals surface area contributed by atoms with E-state index in [1.165, 1.54) is 30.5 Å². The van der Waals surface area contributed by atoms with Crippen LogP contribution in [0, 0.1) is 5.92 Å². The van der Waals surface area contributed by atoms with E-state index >= 15 is 0 Å². The number of aliphatic imine (C=N–C) groups is 1. The lowest BCUT2D eigenvalue weighted by molar-refractivity contribution is 0.469. The molecule has 22 heavy (non-hydrogen) atoms. The molecule has 0 spiro atoms. The number of nitrogens with one attached hydrogen (secondary N) is 1. The van der Waals surface area contributed by atoms with E-state index in [2.05, 4.69) is 54.3 Å². The van der Waals surface area contributed by atoms with Crippen LogP contribution in [0.15, 0.2) is 11.2 Å². The topological polar surface area (TPSA) is 45.5 Å². The minimum Gasteiger partial charge on any atom is -0.353 e. The quantitative estimate of drug-likeness (QED) is 0.649. The zero-order valence-electron chi connectivity index (χ0n) is 14.9. The van der Waals surface area contributed by atoms with Gasteiger partial charge in [0.1, 0.15) is 0 Å². The molecule has 0 amide bonds. The summed E-state index contributed by atoms with van der Waals surface area (Å²) in [6.45, 7) is 7.48. The van der Waals surface area contributed by atoms with Crippen LogP contribution in [0.1, 0.15) is 57.2 Å². The van der Waals surface area contributed by atoms with Crippen LogP contribution in [0.2, 0.25) is 0 Å². The monoisotopic (exact) mass is 305 g/mol. The molecule has 5 nitrogen and oxygen atoms in total. The number of hydrogen-bond acceptors (Lipinski definition) is 2. The highest BCUT2D eigenvalue weighted by Crippen LogP contribution is 2.34. The van der Waals surface area contributed by atoms with Gasteiger partial charge in [-0.3, -0.25) is 9.67 Å². The average Bonchev–Trinajstić information content (AvgIpc) is 3.08. The van der Waals surface area contributed by atoms with Crippen molar-refractivity contribution in [2.24, 2.45) is 18.0 Å². The van der Waals surface area contributed by atoms with Crippen LogP contribution in [0.3, 0.4) is 0 Å². The molecule has 1 heterocycles. The van der Waals surface area contributed by atoms with E-state index in [1.54, 1.807) is 0 Å². The first-order chi connectivity index (χ1) is 10.5. The molecule has 1 aromatic rings. The van der Waals surface area contributed by atoms with Gasteiger partial charge >= 0.3 is 0 Å². The third kappa shape index (κ3) is 4.02. The zero-order valence-corrected chi connectivity index (χ0v) is 14.9. The third-order valence-electron chi connectivity index (χ3n) is 4.36. The first kappa shape index (κ1) is 16.8. The molecule has 2 atom stereocenters. The van der Waals surface area contributed by atoms with Gasteiger partial charge in [0.2, 0.25) is 0 Å². The van der Waals surface area contributed by atoms with Gasteiger partial charge < -0.3 is 10.2 Å². The third-order valence-corrected chi connectivity index (χ3v) is 4.36. The highest BCUT2D eigenvalue weighted by molar-refractivity contribution is 5.80. The van der Waals surface area contributed by atoms with Crippen LogP contribution in [0.4, 0.5) is 0 Å². The van der Waals surface area contributed by atoms with E-state index in [0.29, 0.717) is 12.0 Å². The molecule has 124 valence electrons. The van der Waals surface area contributed by atoms with E-state index in [4.69, 9.17) is 0 Å². The Morgan fingerprint density at radius 2 is 2.27 bits per heavy atom. The molecule has 0 aliphatic heterocycles. The van der Waals surface area contributed by atoms with Gasteiger partial charge in [-0.2, -0.15) is 5.10 Å². The SMILES string of the molecule is CCCC1CC1NC(=NC)N(C)Cc1cn(C)nc1C(C)C. The molecule has 1 aliphatic carbocycles. The molecule has 0 bridgehead atoms. The second-order valence-electron chi connectivity index (χ2n) is 6.81. The van der Waals surface area contributed by atoms with Gasteiger partial charge in [-0.1, -0.05) is 27.2 Å². The van der Waals surface area contributed by atoms with Crippen molar-refractivity contribution >= 4 is 5.96 Å². The molecule has 1 fully saturated rings. The summed E-state index contributed by atoms with van der Waals surface area (Å²) in [5.74, 6) is 2.26. The lowest BCUT2D eigenvalue weighted by atomic mass is 10.1. The predicted octanol–water partition coefficient (Wildman–Crippen LogP) is 2.74. The molecule has 0 saturated heterocycles. The van der Waals surface area contributed by atoms with Gasteiger partial charge in [-0.15, -0.1) is 0 Å². The van der Waals surface area contributed by atoms with E-state index in [9.17, 15) is 0 Å². The van der Waals surface area contributed by atoms with Crippen molar-refractivity contribution in [1.29, 1.82) is 0 Å². The standard InChI is InChI=1S/C17H31N5/c1-7-8-13-9-15(13)19-17(18-4)21(5)10-14-11-22(6)20-16(14)12(2)3/h11-13,15H,7-10H2,1-6H3,(H,18,19). The fourth-order valence-electron chi connectivity index (χ4n) is 3.12. The Morgan fingerprint density at radius 1 is 1.55 bits per heavy atom. The number of nitrogens with zero attached hydrogens (tertiary/aromatic N) is 4. The summed E-state index contributed by atoms with van der Waals surface area (Å²) in [5, 5.41) is 8.19. The number of rotatable bonds is 6. The average molecular weight is 305 g/mol. The van der Waals surface area contributed by atoms with Crippen molar-refractivity contribution in [1.82, 2.24) is 20.0 Å². The van der Waals surface area contributed by atoms with E-state index in [0.717, 1.165) is 18.4 Å². The number of hydrogen-bond donors (Lipinski definition) is 1. The van der Waals surface area contributed by atoms with Gasteiger partial charge in [-0.25, -0.2) is 0 Å². The molecule has 0 aromatic carbocycles. The van der Waals surface area contributed by atoms with E-state index < -0.39 is 0 Å². The highest BCUT2D eigenvalue weighted by atomic mass is 15.3. The molecule has 1 aromatic heterocycles. The predicted molar refractivity (Wildman–Crippen MR) is 92.1 cm³/mol. The van der Waals surface area contributed by atoms with Crippen LogP contribution in [0.25, 0.3) is 0 Å². The summed E-state index contributed by atoms with van der Waals surface area (Å²) in [6, 6.07) is 0.611. The van der Waals surface area contributed by atoms with Gasteiger partial charge in [0.05, 0.1) is 5.69 Å². The molecule has 5 heteroatoms. The van der Waals surface area contributed by atoms with Crippen LogP contribution in [-0.2, 0) is 13.6 Å².